The lowest BCUT2D eigenvalue weighted by Crippen LogP contribution is -2.22. The highest BCUT2D eigenvalue weighted by Gasteiger charge is 2.23. The molecule has 0 N–H and O–H groups in total. The van der Waals surface area contributed by atoms with Gasteiger partial charge in [-0.1, -0.05) is 35.4 Å². The third-order valence-electron chi connectivity index (χ3n) is 3.19. The van der Waals surface area contributed by atoms with Crippen molar-refractivity contribution < 1.29 is 9.47 Å². The average molecular weight is 275 g/mol. The lowest BCUT2D eigenvalue weighted by Gasteiger charge is -2.12. The van der Waals surface area contributed by atoms with Crippen LogP contribution in [0.5, 0.6) is 11.5 Å². The van der Waals surface area contributed by atoms with Crippen molar-refractivity contribution in [3.8, 4) is 11.5 Å². The SMILES string of the molecule is Cc1ccc2c(c1)CC(COc1cccc(Cl)c1)O2. The first kappa shape index (κ1) is 12.4. The van der Waals surface area contributed by atoms with Crippen molar-refractivity contribution in [3.63, 3.8) is 0 Å². The zero-order valence-electron chi connectivity index (χ0n) is 10.7. The van der Waals surface area contributed by atoms with Crippen LogP contribution in [-0.4, -0.2) is 12.7 Å². The maximum Gasteiger partial charge on any atom is 0.137 e. The Morgan fingerprint density at radius 3 is 3.00 bits per heavy atom. The predicted molar refractivity (Wildman–Crippen MR) is 76.2 cm³/mol. The summed E-state index contributed by atoms with van der Waals surface area (Å²) >= 11 is 5.92. The van der Waals surface area contributed by atoms with Gasteiger partial charge < -0.3 is 9.47 Å². The molecule has 1 unspecified atom stereocenters. The number of hydrogen-bond acceptors (Lipinski definition) is 2. The third kappa shape index (κ3) is 2.85. The second kappa shape index (κ2) is 5.14. The topological polar surface area (TPSA) is 18.5 Å². The molecule has 2 aromatic rings. The molecule has 0 bridgehead atoms. The number of rotatable bonds is 3. The van der Waals surface area contributed by atoms with E-state index in [1.807, 2.05) is 30.3 Å². The number of halogens is 1. The Morgan fingerprint density at radius 1 is 1.26 bits per heavy atom. The maximum atomic E-state index is 5.92. The molecule has 2 aromatic carbocycles. The molecule has 0 radical (unpaired) electrons. The molecule has 0 spiro atoms. The summed E-state index contributed by atoms with van der Waals surface area (Å²) in [5.74, 6) is 1.76. The number of fused-ring (bicyclic) bond motifs is 1. The van der Waals surface area contributed by atoms with E-state index in [0.29, 0.717) is 11.6 Å². The standard InChI is InChI=1S/C16H15ClO2/c1-11-5-6-16-12(7-11)8-15(19-16)10-18-14-4-2-3-13(17)9-14/h2-7,9,15H,8,10H2,1H3. The summed E-state index contributed by atoms with van der Waals surface area (Å²) in [5, 5.41) is 0.684. The molecule has 1 aliphatic heterocycles. The molecule has 3 heteroatoms. The molecule has 1 atom stereocenters. The minimum absolute atomic E-state index is 0.0794. The van der Waals surface area contributed by atoms with Crippen molar-refractivity contribution in [2.24, 2.45) is 0 Å². The van der Waals surface area contributed by atoms with Gasteiger partial charge in [-0.3, -0.25) is 0 Å². The smallest absolute Gasteiger partial charge is 0.137 e. The molecule has 3 rings (SSSR count). The molecule has 0 saturated heterocycles. The highest BCUT2D eigenvalue weighted by molar-refractivity contribution is 6.30. The van der Waals surface area contributed by atoms with E-state index in [4.69, 9.17) is 21.1 Å². The van der Waals surface area contributed by atoms with Crippen molar-refractivity contribution >= 4 is 11.6 Å². The van der Waals surface area contributed by atoms with Gasteiger partial charge in [-0.05, 0) is 36.8 Å². The number of hydrogen-bond donors (Lipinski definition) is 0. The van der Waals surface area contributed by atoms with E-state index in [2.05, 4.69) is 19.1 Å². The van der Waals surface area contributed by atoms with E-state index in [-0.39, 0.29) is 6.10 Å². The molecule has 98 valence electrons. The summed E-state index contributed by atoms with van der Waals surface area (Å²) < 4.78 is 11.6. The van der Waals surface area contributed by atoms with Crippen molar-refractivity contribution in [1.29, 1.82) is 0 Å². The molecule has 0 aromatic heterocycles. The van der Waals surface area contributed by atoms with Crippen LogP contribution in [0, 0.1) is 6.92 Å². The highest BCUT2D eigenvalue weighted by Crippen LogP contribution is 2.29. The van der Waals surface area contributed by atoms with Gasteiger partial charge >= 0.3 is 0 Å². The quantitative estimate of drug-likeness (QED) is 0.841. The Morgan fingerprint density at radius 2 is 2.16 bits per heavy atom. The maximum absolute atomic E-state index is 5.92. The Balaban J connectivity index is 1.62. The molecule has 0 aliphatic carbocycles. The average Bonchev–Trinajstić information content (AvgIpc) is 2.78. The van der Waals surface area contributed by atoms with Crippen LogP contribution in [0.1, 0.15) is 11.1 Å². The fraction of sp³-hybridized carbons (Fsp3) is 0.250. The van der Waals surface area contributed by atoms with Gasteiger partial charge in [0.25, 0.3) is 0 Å². The summed E-state index contributed by atoms with van der Waals surface area (Å²) in [6.45, 7) is 2.63. The van der Waals surface area contributed by atoms with E-state index in [1.54, 1.807) is 0 Å². The first-order chi connectivity index (χ1) is 9.20. The van der Waals surface area contributed by atoms with Crippen LogP contribution in [0.4, 0.5) is 0 Å². The van der Waals surface area contributed by atoms with E-state index < -0.39 is 0 Å². The van der Waals surface area contributed by atoms with Crippen molar-refractivity contribution in [3.05, 3.63) is 58.6 Å². The van der Waals surface area contributed by atoms with Gasteiger partial charge in [-0.15, -0.1) is 0 Å². The van der Waals surface area contributed by atoms with E-state index in [0.717, 1.165) is 17.9 Å². The predicted octanol–water partition coefficient (Wildman–Crippen LogP) is 4.03. The van der Waals surface area contributed by atoms with Crippen molar-refractivity contribution in [2.75, 3.05) is 6.61 Å². The summed E-state index contributed by atoms with van der Waals surface area (Å²) in [4.78, 5) is 0. The fourth-order valence-electron chi connectivity index (χ4n) is 2.29. The van der Waals surface area contributed by atoms with Crippen LogP contribution >= 0.6 is 11.6 Å². The summed E-state index contributed by atoms with van der Waals surface area (Å²) in [5.41, 5.74) is 2.53. The molecule has 1 aliphatic rings. The first-order valence-corrected chi connectivity index (χ1v) is 6.73. The minimum atomic E-state index is 0.0794. The van der Waals surface area contributed by atoms with Crippen LogP contribution in [0.2, 0.25) is 5.02 Å². The van der Waals surface area contributed by atoms with Crippen LogP contribution in [0.3, 0.4) is 0 Å². The van der Waals surface area contributed by atoms with Crippen LogP contribution in [0.15, 0.2) is 42.5 Å². The minimum Gasteiger partial charge on any atom is -0.490 e. The molecule has 0 amide bonds. The molecular formula is C16H15ClO2. The zero-order chi connectivity index (χ0) is 13.2. The highest BCUT2D eigenvalue weighted by atomic mass is 35.5. The van der Waals surface area contributed by atoms with Gasteiger partial charge in [0.15, 0.2) is 0 Å². The lowest BCUT2D eigenvalue weighted by molar-refractivity contribution is 0.148. The number of aryl methyl sites for hydroxylation is 1. The molecule has 0 saturated carbocycles. The molecule has 19 heavy (non-hydrogen) atoms. The molecule has 1 heterocycles. The second-order valence-electron chi connectivity index (χ2n) is 4.82. The van der Waals surface area contributed by atoms with Gasteiger partial charge in [0.2, 0.25) is 0 Å². The Labute approximate surface area is 117 Å². The van der Waals surface area contributed by atoms with Crippen LogP contribution in [-0.2, 0) is 6.42 Å². The molecule has 0 fully saturated rings. The largest absolute Gasteiger partial charge is 0.490 e. The van der Waals surface area contributed by atoms with Crippen LogP contribution < -0.4 is 9.47 Å². The van der Waals surface area contributed by atoms with Gasteiger partial charge in [-0.2, -0.15) is 0 Å². The van der Waals surface area contributed by atoms with Crippen molar-refractivity contribution in [2.45, 2.75) is 19.4 Å². The number of benzene rings is 2. The monoisotopic (exact) mass is 274 g/mol. The van der Waals surface area contributed by atoms with Gasteiger partial charge in [0.05, 0.1) is 0 Å². The van der Waals surface area contributed by atoms with E-state index >= 15 is 0 Å². The van der Waals surface area contributed by atoms with E-state index in [9.17, 15) is 0 Å². The Hall–Kier alpha value is -1.67. The van der Waals surface area contributed by atoms with E-state index in [1.165, 1.54) is 11.1 Å². The first-order valence-electron chi connectivity index (χ1n) is 6.35. The summed E-state index contributed by atoms with van der Waals surface area (Å²) in [7, 11) is 0. The summed E-state index contributed by atoms with van der Waals surface area (Å²) in [6.07, 6.45) is 0.980. The Kier molecular flexibility index (Phi) is 3.34. The van der Waals surface area contributed by atoms with Gasteiger partial charge in [0.1, 0.15) is 24.2 Å². The van der Waals surface area contributed by atoms with Crippen LogP contribution in [0.25, 0.3) is 0 Å². The van der Waals surface area contributed by atoms with Crippen molar-refractivity contribution in [1.82, 2.24) is 0 Å². The lowest BCUT2D eigenvalue weighted by atomic mass is 10.1. The molecular weight excluding hydrogens is 260 g/mol. The normalized spacial score (nSPS) is 16.8. The molecule has 2 nitrogen and oxygen atoms in total. The Bertz CT molecular complexity index is 595. The second-order valence-corrected chi connectivity index (χ2v) is 5.26. The summed E-state index contributed by atoms with van der Waals surface area (Å²) in [6, 6.07) is 13.7. The fourth-order valence-corrected chi connectivity index (χ4v) is 2.47. The number of ether oxygens (including phenoxy) is 2. The van der Waals surface area contributed by atoms with Gasteiger partial charge in [-0.25, -0.2) is 0 Å². The zero-order valence-corrected chi connectivity index (χ0v) is 11.5. The third-order valence-corrected chi connectivity index (χ3v) is 3.42. The van der Waals surface area contributed by atoms with Gasteiger partial charge in [0, 0.05) is 11.4 Å².